The maximum absolute atomic E-state index is 6.93. The Hall–Kier alpha value is -8.54. The Morgan fingerprint density at radius 3 is 1.66 bits per heavy atom. The van der Waals surface area contributed by atoms with E-state index >= 15 is 0 Å². The molecule has 0 radical (unpaired) electrons. The van der Waals surface area contributed by atoms with Gasteiger partial charge in [-0.3, -0.25) is 0 Å². The molecular formula is C59H38N4O. The smallest absolute Gasteiger partial charge is 0.159 e. The monoisotopic (exact) mass is 818 g/mol. The summed E-state index contributed by atoms with van der Waals surface area (Å²) < 4.78 is 9.31. The summed E-state index contributed by atoms with van der Waals surface area (Å²) in [5.74, 6) is 1.38. The molecule has 5 heteroatoms. The highest BCUT2D eigenvalue weighted by atomic mass is 16.3. The van der Waals surface area contributed by atoms with E-state index in [4.69, 9.17) is 14.4 Å². The minimum atomic E-state index is -0.418. The molecule has 0 saturated heterocycles. The lowest BCUT2D eigenvalue weighted by atomic mass is 9.99. The van der Waals surface area contributed by atoms with Crippen molar-refractivity contribution in [2.45, 2.75) is 6.17 Å². The van der Waals surface area contributed by atoms with E-state index in [1.165, 1.54) is 32.7 Å². The van der Waals surface area contributed by atoms with Crippen molar-refractivity contribution >= 4 is 77.0 Å². The minimum absolute atomic E-state index is 0.418. The third kappa shape index (κ3) is 6.01. The fourth-order valence-corrected chi connectivity index (χ4v) is 9.64. The second-order valence-electron chi connectivity index (χ2n) is 16.6. The summed E-state index contributed by atoms with van der Waals surface area (Å²) in [6, 6.07) is 77.6. The third-order valence-corrected chi connectivity index (χ3v) is 12.8. The van der Waals surface area contributed by atoms with Gasteiger partial charge in [-0.25, -0.2) is 9.98 Å². The van der Waals surface area contributed by atoms with Crippen molar-refractivity contribution < 1.29 is 4.42 Å². The van der Waals surface area contributed by atoms with Crippen molar-refractivity contribution in [3.8, 4) is 27.9 Å². The number of furan rings is 1. The summed E-state index contributed by atoms with van der Waals surface area (Å²) in [5, 5.41) is 13.0. The summed E-state index contributed by atoms with van der Waals surface area (Å²) in [6.07, 6.45) is -0.418. The molecule has 0 saturated carbocycles. The van der Waals surface area contributed by atoms with Crippen molar-refractivity contribution in [1.29, 1.82) is 0 Å². The lowest BCUT2D eigenvalue weighted by Crippen LogP contribution is -2.33. The summed E-state index contributed by atoms with van der Waals surface area (Å²) in [4.78, 5) is 10.8. The second kappa shape index (κ2) is 14.5. The molecular weight excluding hydrogens is 781 g/mol. The van der Waals surface area contributed by atoms with Gasteiger partial charge < -0.3 is 14.3 Å². The number of hydrogen-bond donors (Lipinski definition) is 1. The van der Waals surface area contributed by atoms with E-state index in [2.05, 4.69) is 216 Å². The number of aliphatic imine (C=N–C) groups is 2. The minimum Gasteiger partial charge on any atom is -0.456 e. The van der Waals surface area contributed by atoms with E-state index in [1.807, 2.05) is 12.1 Å². The van der Waals surface area contributed by atoms with Crippen LogP contribution in [-0.2, 0) is 0 Å². The quantitative estimate of drug-likeness (QED) is 0.182. The Labute approximate surface area is 368 Å². The SMILES string of the molecule is c1ccc(-c2ccc(C3=NC(c4ccc(-c5ccccc5)cc4)NC(c4cc(-n5c6ccccc6c6cc7ccccc7cc65)cc5oc6cc7ccccc7cc6c45)=N3)cc2)cc1. The molecule has 1 N–H and O–H groups in total. The number of fused-ring (bicyclic) bond motifs is 8. The van der Waals surface area contributed by atoms with Gasteiger partial charge in [0.05, 0.1) is 16.7 Å². The summed E-state index contributed by atoms with van der Waals surface area (Å²) >= 11 is 0. The Balaban J connectivity index is 1.05. The zero-order chi connectivity index (χ0) is 42.1. The number of aromatic nitrogens is 1. The van der Waals surface area contributed by atoms with E-state index in [1.54, 1.807) is 0 Å². The van der Waals surface area contributed by atoms with Gasteiger partial charge in [-0.15, -0.1) is 0 Å². The molecule has 13 rings (SSSR count). The number of nitrogens with one attached hydrogen (secondary N) is 1. The molecule has 64 heavy (non-hydrogen) atoms. The van der Waals surface area contributed by atoms with Crippen LogP contribution in [0.3, 0.4) is 0 Å². The first-order chi connectivity index (χ1) is 31.7. The van der Waals surface area contributed by atoms with Crippen molar-refractivity contribution in [2.75, 3.05) is 0 Å². The third-order valence-electron chi connectivity index (χ3n) is 12.8. The van der Waals surface area contributed by atoms with Gasteiger partial charge in [0, 0.05) is 38.7 Å². The zero-order valence-electron chi connectivity index (χ0n) is 34.6. The molecule has 1 aliphatic rings. The highest BCUT2D eigenvalue weighted by molar-refractivity contribution is 6.24. The van der Waals surface area contributed by atoms with Crippen LogP contribution in [0.1, 0.15) is 22.9 Å². The Bertz CT molecular complexity index is 3840. The average molecular weight is 819 g/mol. The highest BCUT2D eigenvalue weighted by Crippen LogP contribution is 2.40. The van der Waals surface area contributed by atoms with Gasteiger partial charge in [0.25, 0.3) is 0 Å². The van der Waals surface area contributed by atoms with Gasteiger partial charge in [0.2, 0.25) is 0 Å². The highest BCUT2D eigenvalue weighted by Gasteiger charge is 2.26. The van der Waals surface area contributed by atoms with Gasteiger partial charge in [0.1, 0.15) is 23.2 Å². The van der Waals surface area contributed by atoms with Crippen LogP contribution in [-0.4, -0.2) is 16.2 Å². The Kier molecular flexibility index (Phi) is 8.21. The largest absolute Gasteiger partial charge is 0.456 e. The van der Waals surface area contributed by atoms with Gasteiger partial charge in [-0.1, -0.05) is 176 Å². The van der Waals surface area contributed by atoms with Crippen LogP contribution in [0.5, 0.6) is 0 Å². The molecule has 3 heterocycles. The summed E-state index contributed by atoms with van der Waals surface area (Å²) in [6.45, 7) is 0. The first-order valence-corrected chi connectivity index (χ1v) is 21.7. The first-order valence-electron chi connectivity index (χ1n) is 21.7. The standard InChI is InChI=1S/C59H38N4O/c1-3-13-37(14-4-1)39-23-27-41(28-24-39)57-60-58(42-29-25-40(26-30-42)38-15-5-2-6-16-38)62-59(61-57)51-35-47(36-55-56(51)50-32-44-18-8-10-20-46(44)34-54(50)64-55)63-52-22-12-11-21-48(52)49-31-43-17-7-9-19-45(43)33-53(49)63/h1-36,57H,(H,60,61,62). The van der Waals surface area contributed by atoms with Crippen LogP contribution in [0.15, 0.2) is 233 Å². The zero-order valence-corrected chi connectivity index (χ0v) is 34.6. The van der Waals surface area contributed by atoms with Crippen LogP contribution in [0.4, 0.5) is 0 Å². The lowest BCUT2D eigenvalue weighted by molar-refractivity contribution is 0.668. The number of hydrogen-bond acceptors (Lipinski definition) is 4. The summed E-state index contributed by atoms with van der Waals surface area (Å²) in [7, 11) is 0. The molecule has 0 amide bonds. The fraction of sp³-hybridized carbons (Fsp3) is 0.0169. The van der Waals surface area contributed by atoms with Crippen LogP contribution < -0.4 is 5.32 Å². The number of benzene rings is 10. The van der Waals surface area contributed by atoms with Gasteiger partial charge in [0.15, 0.2) is 5.84 Å². The van der Waals surface area contributed by atoms with Crippen LogP contribution in [0.25, 0.3) is 93.2 Å². The predicted octanol–water partition coefficient (Wildman–Crippen LogP) is 14.8. The Morgan fingerprint density at radius 1 is 0.422 bits per heavy atom. The van der Waals surface area contributed by atoms with Crippen molar-refractivity contribution in [1.82, 2.24) is 9.88 Å². The van der Waals surface area contributed by atoms with Crippen LogP contribution in [0.2, 0.25) is 0 Å². The van der Waals surface area contributed by atoms with Crippen LogP contribution in [0, 0.1) is 0 Å². The maximum Gasteiger partial charge on any atom is 0.159 e. The molecule has 0 fully saturated rings. The number of para-hydroxylation sites is 1. The molecule has 1 unspecified atom stereocenters. The van der Waals surface area contributed by atoms with Gasteiger partial charge in [-0.2, -0.15) is 0 Å². The van der Waals surface area contributed by atoms with Crippen molar-refractivity contribution in [3.05, 3.63) is 235 Å². The molecule has 0 bridgehead atoms. The van der Waals surface area contributed by atoms with Crippen molar-refractivity contribution in [2.24, 2.45) is 9.98 Å². The van der Waals surface area contributed by atoms with E-state index in [0.29, 0.717) is 5.84 Å². The van der Waals surface area contributed by atoms with E-state index in [0.717, 1.165) is 83.1 Å². The molecule has 1 aliphatic heterocycles. The molecule has 5 nitrogen and oxygen atoms in total. The molecule has 0 spiro atoms. The number of amidine groups is 2. The van der Waals surface area contributed by atoms with E-state index in [9.17, 15) is 0 Å². The van der Waals surface area contributed by atoms with Gasteiger partial charge >= 0.3 is 0 Å². The number of rotatable bonds is 6. The molecule has 10 aromatic carbocycles. The van der Waals surface area contributed by atoms with Gasteiger partial charge in [-0.05, 0) is 85.8 Å². The molecule has 1 atom stereocenters. The molecule has 300 valence electrons. The topological polar surface area (TPSA) is 54.8 Å². The first kappa shape index (κ1) is 36.1. The fourth-order valence-electron chi connectivity index (χ4n) is 9.64. The predicted molar refractivity (Wildman–Crippen MR) is 266 cm³/mol. The normalized spacial score (nSPS) is 14.1. The van der Waals surface area contributed by atoms with Crippen molar-refractivity contribution in [3.63, 3.8) is 0 Å². The van der Waals surface area contributed by atoms with E-state index in [-0.39, 0.29) is 0 Å². The number of nitrogens with zero attached hydrogens (tertiary/aromatic N) is 3. The molecule has 2 aromatic heterocycles. The molecule has 12 aromatic rings. The second-order valence-corrected chi connectivity index (χ2v) is 16.6. The maximum atomic E-state index is 6.93. The lowest BCUT2D eigenvalue weighted by Gasteiger charge is -2.25. The Morgan fingerprint density at radius 2 is 0.969 bits per heavy atom. The average Bonchev–Trinajstić information content (AvgIpc) is 3.89. The summed E-state index contributed by atoms with van der Waals surface area (Å²) in [5.41, 5.74) is 12.4. The van der Waals surface area contributed by atoms with E-state index < -0.39 is 6.17 Å². The van der Waals surface area contributed by atoms with Crippen LogP contribution >= 0.6 is 0 Å². The molecule has 0 aliphatic carbocycles.